The first kappa shape index (κ1) is 17.1. The lowest BCUT2D eigenvalue weighted by Crippen LogP contribution is -2.01. The van der Waals surface area contributed by atoms with E-state index >= 15 is 0 Å². The Morgan fingerprint density at radius 3 is 2.62 bits per heavy atom. The fourth-order valence-corrected chi connectivity index (χ4v) is 3.82. The summed E-state index contributed by atoms with van der Waals surface area (Å²) >= 11 is 13.5. The van der Waals surface area contributed by atoms with Gasteiger partial charge in [-0.25, -0.2) is 9.78 Å². The molecule has 2 aromatic heterocycles. The second-order valence-electron chi connectivity index (χ2n) is 5.52. The quantitative estimate of drug-likeness (QED) is 0.427. The van der Waals surface area contributed by atoms with Crippen LogP contribution in [0.25, 0.3) is 32.8 Å². The molecule has 2 heterocycles. The van der Waals surface area contributed by atoms with Crippen LogP contribution in [0.3, 0.4) is 0 Å². The normalized spacial score (nSPS) is 11.0. The highest BCUT2D eigenvalue weighted by atomic mass is 35.5. The van der Waals surface area contributed by atoms with Crippen molar-refractivity contribution < 1.29 is 9.15 Å². The van der Waals surface area contributed by atoms with Gasteiger partial charge in [-0.3, -0.25) is 0 Å². The first-order chi connectivity index (χ1) is 12.5. The molecule has 0 spiro atoms. The molecule has 2 aromatic carbocycles. The van der Waals surface area contributed by atoms with Crippen LogP contribution < -0.4 is 10.4 Å². The Balaban J connectivity index is 1.82. The molecular weight excluding hydrogens is 393 g/mol. The van der Waals surface area contributed by atoms with E-state index < -0.39 is 5.63 Å². The van der Waals surface area contributed by atoms with E-state index in [1.54, 1.807) is 37.4 Å². The van der Waals surface area contributed by atoms with Gasteiger partial charge >= 0.3 is 5.63 Å². The molecule has 0 N–H and O–H groups in total. The van der Waals surface area contributed by atoms with Crippen LogP contribution in [0.5, 0.6) is 5.75 Å². The molecule has 0 aliphatic rings. The zero-order valence-corrected chi connectivity index (χ0v) is 15.8. The highest BCUT2D eigenvalue weighted by Gasteiger charge is 2.14. The largest absolute Gasteiger partial charge is 0.497 e. The molecule has 0 aliphatic heterocycles. The second-order valence-corrected chi connectivity index (χ2v) is 7.22. The number of methoxy groups -OCH3 is 1. The first-order valence-electron chi connectivity index (χ1n) is 7.58. The van der Waals surface area contributed by atoms with Gasteiger partial charge in [-0.15, -0.1) is 11.3 Å². The minimum atomic E-state index is -0.506. The molecule has 0 radical (unpaired) electrons. The van der Waals surface area contributed by atoms with Crippen molar-refractivity contribution >= 4 is 45.3 Å². The van der Waals surface area contributed by atoms with Crippen molar-refractivity contribution in [3.8, 4) is 27.8 Å². The SMILES string of the molecule is COc1cc(Cl)c2c(=O)oc(-c3nc(-c4ccc(Cl)cc4)cs3)cc2c1. The Labute approximate surface area is 162 Å². The van der Waals surface area contributed by atoms with Gasteiger partial charge in [-0.1, -0.05) is 35.3 Å². The number of nitrogens with zero attached hydrogens (tertiary/aromatic N) is 1. The van der Waals surface area contributed by atoms with Crippen molar-refractivity contribution in [2.75, 3.05) is 7.11 Å². The third-order valence-corrected chi connectivity index (χ3v) is 5.29. The lowest BCUT2D eigenvalue weighted by Gasteiger charge is -2.05. The van der Waals surface area contributed by atoms with Crippen LogP contribution in [0.2, 0.25) is 10.0 Å². The number of rotatable bonds is 3. The van der Waals surface area contributed by atoms with E-state index in [0.717, 1.165) is 11.3 Å². The van der Waals surface area contributed by atoms with Crippen molar-refractivity contribution in [2.24, 2.45) is 0 Å². The molecule has 7 heteroatoms. The summed E-state index contributed by atoms with van der Waals surface area (Å²) < 4.78 is 10.7. The van der Waals surface area contributed by atoms with Crippen molar-refractivity contribution in [1.82, 2.24) is 4.98 Å². The van der Waals surface area contributed by atoms with E-state index in [4.69, 9.17) is 32.4 Å². The number of benzene rings is 2. The van der Waals surface area contributed by atoms with Crippen LogP contribution in [-0.4, -0.2) is 12.1 Å². The van der Waals surface area contributed by atoms with Crippen LogP contribution in [0.15, 0.2) is 57.1 Å². The molecule has 0 bridgehead atoms. The smallest absolute Gasteiger partial charge is 0.345 e. The molecule has 26 heavy (non-hydrogen) atoms. The van der Waals surface area contributed by atoms with E-state index in [1.165, 1.54) is 11.3 Å². The van der Waals surface area contributed by atoms with Crippen LogP contribution in [0, 0.1) is 0 Å². The summed E-state index contributed by atoms with van der Waals surface area (Å²) in [5.41, 5.74) is 1.21. The molecule has 4 rings (SSSR count). The third kappa shape index (κ3) is 3.09. The summed E-state index contributed by atoms with van der Waals surface area (Å²) in [6.07, 6.45) is 0. The molecule has 0 saturated carbocycles. The second kappa shape index (κ2) is 6.76. The van der Waals surface area contributed by atoms with Crippen LogP contribution in [0.1, 0.15) is 0 Å². The maximum Gasteiger partial charge on any atom is 0.345 e. The minimum absolute atomic E-state index is 0.292. The lowest BCUT2D eigenvalue weighted by molar-refractivity contribution is 0.415. The molecule has 4 aromatic rings. The number of hydrogen-bond donors (Lipinski definition) is 0. The Bertz CT molecular complexity index is 1170. The molecular formula is C19H11Cl2NO3S. The fraction of sp³-hybridized carbons (Fsp3) is 0.0526. The van der Waals surface area contributed by atoms with Gasteiger partial charge < -0.3 is 9.15 Å². The van der Waals surface area contributed by atoms with Gasteiger partial charge in [-0.2, -0.15) is 0 Å². The summed E-state index contributed by atoms with van der Waals surface area (Å²) in [6, 6.07) is 12.5. The van der Waals surface area contributed by atoms with Crippen molar-refractivity contribution in [3.05, 3.63) is 68.3 Å². The summed E-state index contributed by atoms with van der Waals surface area (Å²) in [6.45, 7) is 0. The number of halogens is 2. The maximum atomic E-state index is 12.4. The standard InChI is InChI=1S/C19H11Cl2NO3S/c1-24-13-6-11-7-16(25-19(23)17(11)14(21)8-13)18-22-15(9-26-18)10-2-4-12(20)5-3-10/h2-9H,1H3. The van der Waals surface area contributed by atoms with Gasteiger partial charge in [0, 0.05) is 16.0 Å². The van der Waals surface area contributed by atoms with E-state index in [9.17, 15) is 4.79 Å². The number of hydrogen-bond acceptors (Lipinski definition) is 5. The van der Waals surface area contributed by atoms with Gasteiger partial charge in [0.2, 0.25) is 0 Å². The summed E-state index contributed by atoms with van der Waals surface area (Å²) in [4.78, 5) is 16.9. The lowest BCUT2D eigenvalue weighted by atomic mass is 10.1. The number of fused-ring (bicyclic) bond motifs is 1. The molecule has 130 valence electrons. The van der Waals surface area contributed by atoms with Crippen LogP contribution in [-0.2, 0) is 0 Å². The topological polar surface area (TPSA) is 52.3 Å². The molecule has 0 aliphatic carbocycles. The molecule has 0 amide bonds. The van der Waals surface area contributed by atoms with Gasteiger partial charge in [0.05, 0.1) is 23.2 Å². The maximum absolute atomic E-state index is 12.4. The number of aromatic nitrogens is 1. The third-order valence-electron chi connectivity index (χ3n) is 3.88. The Morgan fingerprint density at radius 2 is 1.88 bits per heavy atom. The Hall–Kier alpha value is -2.34. The Kier molecular flexibility index (Phi) is 4.44. The fourth-order valence-electron chi connectivity index (χ4n) is 2.62. The van der Waals surface area contributed by atoms with E-state index in [1.807, 2.05) is 17.5 Å². The van der Waals surface area contributed by atoms with E-state index in [-0.39, 0.29) is 0 Å². The number of thiazole rings is 1. The predicted octanol–water partition coefficient (Wildman–Crippen LogP) is 5.90. The van der Waals surface area contributed by atoms with Crippen LogP contribution >= 0.6 is 34.5 Å². The van der Waals surface area contributed by atoms with E-state index in [2.05, 4.69) is 4.98 Å². The summed E-state index contributed by atoms with van der Waals surface area (Å²) in [7, 11) is 1.54. The monoisotopic (exact) mass is 403 g/mol. The number of ether oxygens (including phenoxy) is 1. The highest BCUT2D eigenvalue weighted by Crippen LogP contribution is 2.33. The van der Waals surface area contributed by atoms with Crippen molar-refractivity contribution in [3.63, 3.8) is 0 Å². The minimum Gasteiger partial charge on any atom is -0.497 e. The van der Waals surface area contributed by atoms with E-state index in [0.29, 0.717) is 37.3 Å². The summed E-state index contributed by atoms with van der Waals surface area (Å²) in [5.74, 6) is 0.956. The van der Waals surface area contributed by atoms with Crippen molar-refractivity contribution in [2.45, 2.75) is 0 Å². The molecule has 0 fully saturated rings. The van der Waals surface area contributed by atoms with Gasteiger partial charge in [0.25, 0.3) is 0 Å². The van der Waals surface area contributed by atoms with Crippen molar-refractivity contribution in [1.29, 1.82) is 0 Å². The summed E-state index contributed by atoms with van der Waals surface area (Å²) in [5, 5.41) is 4.43. The van der Waals surface area contributed by atoms with Gasteiger partial charge in [0.15, 0.2) is 10.8 Å². The van der Waals surface area contributed by atoms with Gasteiger partial charge in [0.1, 0.15) is 5.75 Å². The average molecular weight is 404 g/mol. The average Bonchev–Trinajstić information content (AvgIpc) is 3.11. The Morgan fingerprint density at radius 1 is 1.12 bits per heavy atom. The first-order valence-corrected chi connectivity index (χ1v) is 9.22. The molecule has 4 nitrogen and oxygen atoms in total. The molecule has 0 atom stereocenters. The molecule has 0 unspecified atom stereocenters. The van der Waals surface area contributed by atoms with Gasteiger partial charge in [-0.05, 0) is 35.7 Å². The van der Waals surface area contributed by atoms with Crippen LogP contribution in [0.4, 0.5) is 0 Å². The predicted molar refractivity (Wildman–Crippen MR) is 106 cm³/mol. The zero-order valence-electron chi connectivity index (χ0n) is 13.5. The highest BCUT2D eigenvalue weighted by molar-refractivity contribution is 7.13. The molecule has 0 saturated heterocycles. The zero-order chi connectivity index (χ0) is 18.3.